The van der Waals surface area contributed by atoms with Gasteiger partial charge in [0.2, 0.25) is 0 Å². The van der Waals surface area contributed by atoms with E-state index in [9.17, 15) is 9.59 Å². The van der Waals surface area contributed by atoms with E-state index in [2.05, 4.69) is 4.74 Å². The molecule has 0 heterocycles. The summed E-state index contributed by atoms with van der Waals surface area (Å²) in [5, 5.41) is 8.70. The van der Waals surface area contributed by atoms with Crippen LogP contribution in [0.2, 0.25) is 0 Å². The Morgan fingerprint density at radius 2 is 2.25 bits per heavy atom. The number of hydrogen-bond acceptors (Lipinski definition) is 5. The maximum atomic E-state index is 11.3. The molecule has 0 aromatic heterocycles. The van der Waals surface area contributed by atoms with Crippen LogP contribution in [0.5, 0.6) is 0 Å². The van der Waals surface area contributed by atoms with Gasteiger partial charge in [-0.25, -0.2) is 4.79 Å². The average molecular weight is 223 g/mol. The minimum Gasteiger partial charge on any atom is -0.466 e. The Morgan fingerprint density at radius 1 is 1.56 bits per heavy atom. The summed E-state index contributed by atoms with van der Waals surface area (Å²) in [5.41, 5.74) is -0.0562. The molecule has 16 heavy (non-hydrogen) atoms. The SMILES string of the molecule is CCOC(=O)C1CC1/C=C(\C#N)C(=O)OC. The van der Waals surface area contributed by atoms with Crippen molar-refractivity contribution in [3.8, 4) is 6.07 Å². The monoisotopic (exact) mass is 223 g/mol. The Hall–Kier alpha value is -1.83. The highest BCUT2D eigenvalue weighted by Gasteiger charge is 2.43. The number of nitriles is 1. The number of esters is 2. The van der Waals surface area contributed by atoms with E-state index in [1.54, 1.807) is 13.0 Å². The topological polar surface area (TPSA) is 76.4 Å². The predicted molar refractivity (Wildman–Crippen MR) is 53.9 cm³/mol. The number of methoxy groups -OCH3 is 1. The lowest BCUT2D eigenvalue weighted by atomic mass is 10.2. The molecule has 0 N–H and O–H groups in total. The first-order valence-electron chi connectivity index (χ1n) is 5.00. The number of carbonyl (C=O) groups excluding carboxylic acids is 2. The zero-order chi connectivity index (χ0) is 12.1. The molecule has 86 valence electrons. The molecule has 0 aromatic carbocycles. The van der Waals surface area contributed by atoms with Gasteiger partial charge in [-0.15, -0.1) is 0 Å². The van der Waals surface area contributed by atoms with Gasteiger partial charge in [0, 0.05) is 0 Å². The third kappa shape index (κ3) is 2.83. The Bertz CT molecular complexity index is 367. The maximum absolute atomic E-state index is 11.3. The van der Waals surface area contributed by atoms with E-state index < -0.39 is 5.97 Å². The number of carbonyl (C=O) groups is 2. The lowest BCUT2D eigenvalue weighted by Crippen LogP contribution is -2.08. The van der Waals surface area contributed by atoms with E-state index in [0.717, 1.165) is 0 Å². The summed E-state index contributed by atoms with van der Waals surface area (Å²) in [5.74, 6) is -1.23. The van der Waals surface area contributed by atoms with Gasteiger partial charge < -0.3 is 9.47 Å². The van der Waals surface area contributed by atoms with Crippen LogP contribution in [-0.4, -0.2) is 25.7 Å². The maximum Gasteiger partial charge on any atom is 0.348 e. The number of hydrogen-bond donors (Lipinski definition) is 0. The molecular weight excluding hydrogens is 210 g/mol. The van der Waals surface area contributed by atoms with Crippen LogP contribution >= 0.6 is 0 Å². The van der Waals surface area contributed by atoms with Crippen LogP contribution in [0, 0.1) is 23.2 Å². The molecule has 0 amide bonds. The van der Waals surface area contributed by atoms with Crippen molar-refractivity contribution in [3.05, 3.63) is 11.6 Å². The fourth-order valence-corrected chi connectivity index (χ4v) is 1.39. The second-order valence-corrected chi connectivity index (χ2v) is 3.44. The Labute approximate surface area is 93.6 Å². The van der Waals surface area contributed by atoms with Crippen molar-refractivity contribution in [2.75, 3.05) is 13.7 Å². The highest BCUT2D eigenvalue weighted by atomic mass is 16.5. The Balaban J connectivity index is 2.57. The van der Waals surface area contributed by atoms with Crippen LogP contribution in [-0.2, 0) is 19.1 Å². The fraction of sp³-hybridized carbons (Fsp3) is 0.545. The van der Waals surface area contributed by atoms with E-state index in [1.165, 1.54) is 13.2 Å². The molecule has 0 saturated heterocycles. The van der Waals surface area contributed by atoms with Gasteiger partial charge in [0.1, 0.15) is 11.6 Å². The van der Waals surface area contributed by atoms with E-state index in [1.807, 2.05) is 0 Å². The molecule has 1 fully saturated rings. The average Bonchev–Trinajstić information content (AvgIpc) is 3.04. The van der Waals surface area contributed by atoms with Crippen molar-refractivity contribution in [1.82, 2.24) is 0 Å². The summed E-state index contributed by atoms with van der Waals surface area (Å²) in [6, 6.07) is 1.75. The van der Waals surface area contributed by atoms with Gasteiger partial charge in [-0.1, -0.05) is 6.08 Å². The molecule has 2 unspecified atom stereocenters. The number of nitrogens with zero attached hydrogens (tertiary/aromatic N) is 1. The van der Waals surface area contributed by atoms with Gasteiger partial charge in [0.25, 0.3) is 0 Å². The van der Waals surface area contributed by atoms with E-state index >= 15 is 0 Å². The largest absolute Gasteiger partial charge is 0.466 e. The Kier molecular flexibility index (Phi) is 4.06. The summed E-state index contributed by atoms with van der Waals surface area (Å²) in [4.78, 5) is 22.4. The first-order valence-corrected chi connectivity index (χ1v) is 5.00. The summed E-state index contributed by atoms with van der Waals surface area (Å²) in [6.45, 7) is 2.08. The van der Waals surface area contributed by atoms with Gasteiger partial charge in [0.15, 0.2) is 0 Å². The van der Waals surface area contributed by atoms with Crippen LogP contribution in [0.3, 0.4) is 0 Å². The molecular formula is C11H13NO4. The standard InChI is InChI=1S/C11H13NO4/c1-3-16-11(14)9-5-7(9)4-8(6-12)10(13)15-2/h4,7,9H,3,5H2,1-2H3/b8-4+. The lowest BCUT2D eigenvalue weighted by Gasteiger charge is -1.98. The molecule has 0 bridgehead atoms. The zero-order valence-corrected chi connectivity index (χ0v) is 9.23. The van der Waals surface area contributed by atoms with Gasteiger partial charge in [-0.2, -0.15) is 5.26 Å². The molecule has 1 aliphatic rings. The highest BCUT2D eigenvalue weighted by molar-refractivity contribution is 5.93. The van der Waals surface area contributed by atoms with Crippen molar-refractivity contribution in [2.45, 2.75) is 13.3 Å². The quantitative estimate of drug-likeness (QED) is 0.400. The zero-order valence-electron chi connectivity index (χ0n) is 9.23. The van der Waals surface area contributed by atoms with Gasteiger partial charge in [-0.05, 0) is 19.3 Å². The fourth-order valence-electron chi connectivity index (χ4n) is 1.39. The molecule has 1 saturated carbocycles. The van der Waals surface area contributed by atoms with Gasteiger partial charge >= 0.3 is 11.9 Å². The summed E-state index contributed by atoms with van der Waals surface area (Å²) in [6.07, 6.45) is 2.11. The van der Waals surface area contributed by atoms with Crippen molar-refractivity contribution in [2.24, 2.45) is 11.8 Å². The third-order valence-electron chi connectivity index (χ3n) is 2.34. The lowest BCUT2D eigenvalue weighted by molar-refractivity contribution is -0.145. The molecule has 0 aromatic rings. The first-order chi connectivity index (χ1) is 7.63. The van der Waals surface area contributed by atoms with Crippen LogP contribution < -0.4 is 0 Å². The van der Waals surface area contributed by atoms with E-state index in [-0.39, 0.29) is 23.4 Å². The molecule has 1 rings (SSSR count). The van der Waals surface area contributed by atoms with E-state index in [0.29, 0.717) is 13.0 Å². The molecule has 0 radical (unpaired) electrons. The molecule has 5 nitrogen and oxygen atoms in total. The summed E-state index contributed by atoms with van der Waals surface area (Å²) in [7, 11) is 1.21. The second-order valence-electron chi connectivity index (χ2n) is 3.44. The second kappa shape index (κ2) is 5.31. The minimum atomic E-state index is -0.669. The molecule has 0 aliphatic heterocycles. The van der Waals surface area contributed by atoms with Gasteiger partial charge in [0.05, 0.1) is 19.6 Å². The van der Waals surface area contributed by atoms with Crippen LogP contribution in [0.15, 0.2) is 11.6 Å². The molecule has 5 heteroatoms. The smallest absolute Gasteiger partial charge is 0.348 e. The molecule has 1 aliphatic carbocycles. The van der Waals surface area contributed by atoms with Crippen molar-refractivity contribution in [3.63, 3.8) is 0 Å². The number of ether oxygens (including phenoxy) is 2. The van der Waals surface area contributed by atoms with Crippen LogP contribution in [0.1, 0.15) is 13.3 Å². The summed E-state index contributed by atoms with van der Waals surface area (Å²) < 4.78 is 9.26. The minimum absolute atomic E-state index is 0.0562. The number of rotatable bonds is 4. The predicted octanol–water partition coefficient (Wildman–Crippen LogP) is 0.809. The number of allylic oxidation sites excluding steroid dienone is 1. The van der Waals surface area contributed by atoms with Crippen molar-refractivity contribution in [1.29, 1.82) is 5.26 Å². The molecule has 0 spiro atoms. The van der Waals surface area contributed by atoms with Crippen LogP contribution in [0.4, 0.5) is 0 Å². The Morgan fingerprint density at radius 3 is 2.75 bits per heavy atom. The summed E-state index contributed by atoms with van der Waals surface area (Å²) >= 11 is 0. The van der Waals surface area contributed by atoms with Gasteiger partial charge in [-0.3, -0.25) is 4.79 Å². The van der Waals surface area contributed by atoms with Crippen molar-refractivity contribution >= 4 is 11.9 Å². The molecule has 2 atom stereocenters. The highest BCUT2D eigenvalue weighted by Crippen LogP contribution is 2.41. The first kappa shape index (κ1) is 12.2. The van der Waals surface area contributed by atoms with Crippen molar-refractivity contribution < 1.29 is 19.1 Å². The third-order valence-corrected chi connectivity index (χ3v) is 2.34. The van der Waals surface area contributed by atoms with Crippen LogP contribution in [0.25, 0.3) is 0 Å². The normalized spacial score (nSPS) is 23.2. The van der Waals surface area contributed by atoms with E-state index in [4.69, 9.17) is 10.00 Å².